The Morgan fingerprint density at radius 2 is 1.57 bits per heavy atom. The predicted molar refractivity (Wildman–Crippen MR) is 154 cm³/mol. The number of para-hydroxylation sites is 1. The van der Waals surface area contributed by atoms with E-state index in [1.54, 1.807) is 7.11 Å². The van der Waals surface area contributed by atoms with Crippen molar-refractivity contribution in [2.75, 3.05) is 13.7 Å². The molecule has 4 N–H and O–H groups in total. The third-order valence-corrected chi connectivity index (χ3v) is 7.02. The van der Waals surface area contributed by atoms with Gasteiger partial charge in [0.05, 0.1) is 13.5 Å². The first kappa shape index (κ1) is 28.4. The average Bonchev–Trinajstić information content (AvgIpc) is 3.38. The van der Waals surface area contributed by atoms with Crippen LogP contribution in [0.15, 0.2) is 85.1 Å². The number of carbonyl (C=O) groups is 3. The lowest BCUT2D eigenvalue weighted by Gasteiger charge is -2.22. The number of rotatable bonds is 14. The van der Waals surface area contributed by atoms with Crippen molar-refractivity contribution in [1.29, 1.82) is 0 Å². The number of amides is 2. The molecule has 0 aliphatic heterocycles. The SMILES string of the molecule is COc1ccc(CCC(CC(=O)O)C(=O)NC(Cc2c[nH]c3ccccc23)C(=O)NCCc2ccccc2)cc1. The van der Waals surface area contributed by atoms with E-state index in [9.17, 15) is 19.5 Å². The van der Waals surface area contributed by atoms with Crippen molar-refractivity contribution in [3.8, 4) is 5.75 Å². The van der Waals surface area contributed by atoms with Crippen LogP contribution in [0.5, 0.6) is 5.75 Å². The van der Waals surface area contributed by atoms with Gasteiger partial charge in [-0.05, 0) is 54.2 Å². The number of fused-ring (bicyclic) bond motifs is 1. The minimum atomic E-state index is -1.06. The maximum Gasteiger partial charge on any atom is 0.304 e. The maximum absolute atomic E-state index is 13.4. The lowest BCUT2D eigenvalue weighted by molar-refractivity contribution is -0.141. The number of benzene rings is 3. The fourth-order valence-electron chi connectivity index (χ4n) is 4.79. The Morgan fingerprint density at radius 1 is 0.875 bits per heavy atom. The number of carbonyl (C=O) groups excluding carboxylic acids is 2. The number of aromatic nitrogens is 1. The molecular weight excluding hydrogens is 506 g/mol. The third-order valence-electron chi connectivity index (χ3n) is 7.02. The lowest BCUT2D eigenvalue weighted by atomic mass is 9.94. The molecule has 2 atom stereocenters. The minimum Gasteiger partial charge on any atom is -0.497 e. The standard InChI is InChI=1S/C32H35N3O5/c1-40-26-15-12-23(13-16-26)11-14-24(20-30(36)37)31(38)35-29(19-25-21-34-28-10-6-5-9-27(25)28)32(39)33-18-17-22-7-3-2-4-8-22/h2-10,12-13,15-16,21,24,29,34H,11,14,17-20H2,1H3,(H,33,39)(H,35,38)(H,36,37). The van der Waals surface area contributed by atoms with E-state index in [4.69, 9.17) is 4.74 Å². The van der Waals surface area contributed by atoms with Crippen molar-refractivity contribution in [2.45, 2.75) is 38.1 Å². The smallest absolute Gasteiger partial charge is 0.304 e. The van der Waals surface area contributed by atoms with Gasteiger partial charge in [0, 0.05) is 36.0 Å². The third kappa shape index (κ3) is 7.96. The van der Waals surface area contributed by atoms with Crippen molar-refractivity contribution in [1.82, 2.24) is 15.6 Å². The van der Waals surface area contributed by atoms with Gasteiger partial charge in [-0.3, -0.25) is 14.4 Å². The van der Waals surface area contributed by atoms with Gasteiger partial charge in [0.1, 0.15) is 11.8 Å². The van der Waals surface area contributed by atoms with Gasteiger partial charge in [-0.25, -0.2) is 0 Å². The van der Waals surface area contributed by atoms with Gasteiger partial charge in [-0.15, -0.1) is 0 Å². The van der Waals surface area contributed by atoms with Gasteiger partial charge in [0.15, 0.2) is 0 Å². The number of ether oxygens (including phenoxy) is 1. The summed E-state index contributed by atoms with van der Waals surface area (Å²) < 4.78 is 5.19. The van der Waals surface area contributed by atoms with Gasteiger partial charge < -0.3 is 25.5 Å². The van der Waals surface area contributed by atoms with Crippen molar-refractivity contribution in [3.05, 3.63) is 102 Å². The second-order valence-electron chi connectivity index (χ2n) is 9.83. The Labute approximate surface area is 233 Å². The summed E-state index contributed by atoms with van der Waals surface area (Å²) in [4.78, 5) is 41.6. The number of methoxy groups -OCH3 is 1. The lowest BCUT2D eigenvalue weighted by Crippen LogP contribution is -2.50. The van der Waals surface area contributed by atoms with Crippen LogP contribution in [-0.4, -0.2) is 47.6 Å². The topological polar surface area (TPSA) is 121 Å². The first-order valence-corrected chi connectivity index (χ1v) is 13.4. The summed E-state index contributed by atoms with van der Waals surface area (Å²) in [6.07, 6.45) is 3.30. The summed E-state index contributed by atoms with van der Waals surface area (Å²) in [7, 11) is 1.59. The van der Waals surface area contributed by atoms with Gasteiger partial charge in [-0.1, -0.05) is 60.7 Å². The molecule has 0 fully saturated rings. The van der Waals surface area contributed by atoms with Crippen LogP contribution >= 0.6 is 0 Å². The van der Waals surface area contributed by atoms with Crippen LogP contribution in [0.4, 0.5) is 0 Å². The van der Waals surface area contributed by atoms with Crippen LogP contribution in [0, 0.1) is 5.92 Å². The summed E-state index contributed by atoms with van der Waals surface area (Å²) >= 11 is 0. The van der Waals surface area contributed by atoms with E-state index in [1.165, 1.54) is 0 Å². The minimum absolute atomic E-state index is 0.269. The Balaban J connectivity index is 1.47. The molecule has 3 aromatic carbocycles. The molecule has 0 saturated carbocycles. The number of aromatic amines is 1. The molecule has 0 saturated heterocycles. The molecular formula is C32H35N3O5. The van der Waals surface area contributed by atoms with E-state index in [2.05, 4.69) is 15.6 Å². The molecule has 0 aliphatic carbocycles. The number of H-pyrrole nitrogens is 1. The molecule has 2 amide bonds. The van der Waals surface area contributed by atoms with Crippen molar-refractivity contribution >= 4 is 28.7 Å². The van der Waals surface area contributed by atoms with Crippen LogP contribution in [0.3, 0.4) is 0 Å². The number of aryl methyl sites for hydroxylation is 1. The second-order valence-corrected chi connectivity index (χ2v) is 9.83. The Morgan fingerprint density at radius 3 is 2.30 bits per heavy atom. The highest BCUT2D eigenvalue weighted by Crippen LogP contribution is 2.21. The molecule has 0 aliphatic rings. The summed E-state index contributed by atoms with van der Waals surface area (Å²) in [5, 5.41) is 16.3. The highest BCUT2D eigenvalue weighted by Gasteiger charge is 2.28. The predicted octanol–water partition coefficient (Wildman–Crippen LogP) is 4.29. The van der Waals surface area contributed by atoms with Crippen molar-refractivity contribution < 1.29 is 24.2 Å². The number of aliphatic carboxylic acids is 1. The summed E-state index contributed by atoms with van der Waals surface area (Å²) in [6.45, 7) is 0.416. The molecule has 4 aromatic rings. The molecule has 2 unspecified atom stereocenters. The summed E-state index contributed by atoms with van der Waals surface area (Å²) in [6, 6.07) is 24.2. The van der Waals surface area contributed by atoms with E-state index in [0.717, 1.165) is 33.3 Å². The van der Waals surface area contributed by atoms with Crippen LogP contribution in [-0.2, 0) is 33.6 Å². The van der Waals surface area contributed by atoms with E-state index < -0.39 is 23.8 Å². The maximum atomic E-state index is 13.4. The second kappa shape index (κ2) is 14.0. The van der Waals surface area contributed by atoms with Crippen molar-refractivity contribution in [2.24, 2.45) is 5.92 Å². The molecule has 4 rings (SSSR count). The zero-order chi connectivity index (χ0) is 28.3. The zero-order valence-electron chi connectivity index (χ0n) is 22.6. The highest BCUT2D eigenvalue weighted by molar-refractivity contribution is 5.91. The van der Waals surface area contributed by atoms with Crippen molar-refractivity contribution in [3.63, 3.8) is 0 Å². The van der Waals surface area contributed by atoms with E-state index in [-0.39, 0.29) is 18.7 Å². The highest BCUT2D eigenvalue weighted by atomic mass is 16.5. The monoisotopic (exact) mass is 541 g/mol. The Kier molecular flexibility index (Phi) is 9.93. The quantitative estimate of drug-likeness (QED) is 0.190. The molecule has 1 aromatic heterocycles. The molecule has 8 nitrogen and oxygen atoms in total. The molecule has 0 spiro atoms. The first-order chi connectivity index (χ1) is 19.4. The average molecular weight is 542 g/mol. The fourth-order valence-corrected chi connectivity index (χ4v) is 4.79. The molecule has 40 heavy (non-hydrogen) atoms. The molecule has 0 bridgehead atoms. The Bertz CT molecular complexity index is 1420. The summed E-state index contributed by atoms with van der Waals surface area (Å²) in [5.74, 6) is -1.88. The molecule has 1 heterocycles. The zero-order valence-corrected chi connectivity index (χ0v) is 22.6. The van der Waals surface area contributed by atoms with Crippen LogP contribution in [0.2, 0.25) is 0 Å². The fraction of sp³-hybridized carbons (Fsp3) is 0.281. The number of hydrogen-bond acceptors (Lipinski definition) is 4. The molecule has 0 radical (unpaired) electrons. The van der Waals surface area contributed by atoms with Gasteiger partial charge in [0.2, 0.25) is 11.8 Å². The van der Waals surface area contributed by atoms with Gasteiger partial charge in [-0.2, -0.15) is 0 Å². The van der Waals surface area contributed by atoms with Gasteiger partial charge in [0.25, 0.3) is 0 Å². The number of carboxylic acids is 1. The number of carboxylic acid groups (broad SMARTS) is 1. The van der Waals surface area contributed by atoms with E-state index >= 15 is 0 Å². The first-order valence-electron chi connectivity index (χ1n) is 13.4. The molecule has 208 valence electrons. The number of hydrogen-bond donors (Lipinski definition) is 4. The van der Waals surface area contributed by atoms with E-state index in [0.29, 0.717) is 25.8 Å². The van der Waals surface area contributed by atoms with Crippen LogP contribution in [0.25, 0.3) is 10.9 Å². The van der Waals surface area contributed by atoms with Crippen LogP contribution < -0.4 is 15.4 Å². The van der Waals surface area contributed by atoms with Crippen LogP contribution in [0.1, 0.15) is 29.5 Å². The molecule has 8 heteroatoms. The van der Waals surface area contributed by atoms with E-state index in [1.807, 2.05) is 85.1 Å². The summed E-state index contributed by atoms with van der Waals surface area (Å²) in [5.41, 5.74) is 3.90. The normalized spacial score (nSPS) is 12.4. The number of nitrogens with one attached hydrogen (secondary N) is 3. The van der Waals surface area contributed by atoms with Gasteiger partial charge >= 0.3 is 5.97 Å². The largest absolute Gasteiger partial charge is 0.497 e. The Hall–Kier alpha value is -4.59.